The van der Waals surface area contributed by atoms with Crippen LogP contribution in [0.25, 0.3) is 10.9 Å². The van der Waals surface area contributed by atoms with Crippen LogP contribution in [0.5, 0.6) is 11.5 Å². The van der Waals surface area contributed by atoms with E-state index in [2.05, 4.69) is 63.7 Å². The first-order valence-electron chi connectivity index (χ1n) is 12.7. The highest BCUT2D eigenvalue weighted by Gasteiger charge is 2.29. The van der Waals surface area contributed by atoms with Crippen LogP contribution in [0, 0.1) is 0 Å². The molecule has 6 rings (SSSR count). The molecule has 0 aliphatic carbocycles. The standard InChI is InChI=1S/C30H31N3O3/c34-29(32-22-13-15-33(16-14-22)19-21-7-2-1-3-8-21)17-25(24-10-6-12-28-30(24)36-20-35-28)26-18-31-27-11-5-4-9-23(26)27/h1-12,18,22,25,31H,13-17,19-20H2,(H,32,34). The van der Waals surface area contributed by atoms with E-state index in [0.29, 0.717) is 6.42 Å². The molecular weight excluding hydrogens is 450 g/mol. The van der Waals surface area contributed by atoms with Crippen LogP contribution in [0.1, 0.15) is 41.9 Å². The van der Waals surface area contributed by atoms with E-state index in [1.165, 1.54) is 5.56 Å². The number of para-hydroxylation sites is 2. The van der Waals surface area contributed by atoms with Crippen molar-refractivity contribution in [2.75, 3.05) is 19.9 Å². The van der Waals surface area contributed by atoms with Crippen LogP contribution in [0.15, 0.2) is 79.0 Å². The summed E-state index contributed by atoms with van der Waals surface area (Å²) < 4.78 is 11.5. The molecule has 0 bridgehead atoms. The zero-order valence-corrected chi connectivity index (χ0v) is 20.3. The fourth-order valence-electron chi connectivity index (χ4n) is 5.55. The first-order valence-corrected chi connectivity index (χ1v) is 12.7. The third-order valence-electron chi connectivity index (χ3n) is 7.39. The van der Waals surface area contributed by atoms with Gasteiger partial charge in [0.15, 0.2) is 11.5 Å². The van der Waals surface area contributed by atoms with Crippen LogP contribution < -0.4 is 14.8 Å². The van der Waals surface area contributed by atoms with Crippen LogP contribution in [0.3, 0.4) is 0 Å². The molecule has 1 fully saturated rings. The Hall–Kier alpha value is -3.77. The number of carbonyl (C=O) groups excluding carboxylic acids is 1. The van der Waals surface area contributed by atoms with Gasteiger partial charge in [0, 0.05) is 60.7 Å². The number of aromatic amines is 1. The molecule has 6 heteroatoms. The Bertz CT molecular complexity index is 1340. The molecule has 1 unspecified atom stereocenters. The summed E-state index contributed by atoms with van der Waals surface area (Å²) in [6.45, 7) is 3.15. The Labute approximate surface area is 211 Å². The molecule has 4 aromatic rings. The van der Waals surface area contributed by atoms with Gasteiger partial charge in [0.25, 0.3) is 0 Å². The highest BCUT2D eigenvalue weighted by atomic mass is 16.7. The van der Waals surface area contributed by atoms with Gasteiger partial charge in [-0.15, -0.1) is 0 Å². The van der Waals surface area contributed by atoms with Gasteiger partial charge in [-0.25, -0.2) is 0 Å². The average Bonchev–Trinajstić information content (AvgIpc) is 3.56. The van der Waals surface area contributed by atoms with Gasteiger partial charge in [0.2, 0.25) is 12.7 Å². The topological polar surface area (TPSA) is 66.6 Å². The number of benzene rings is 3. The van der Waals surface area contributed by atoms with Crippen molar-refractivity contribution in [1.82, 2.24) is 15.2 Å². The van der Waals surface area contributed by atoms with Gasteiger partial charge in [-0.2, -0.15) is 0 Å². The highest BCUT2D eigenvalue weighted by molar-refractivity contribution is 5.86. The number of aromatic nitrogens is 1. The van der Waals surface area contributed by atoms with Crippen molar-refractivity contribution in [3.63, 3.8) is 0 Å². The fourth-order valence-corrected chi connectivity index (χ4v) is 5.55. The van der Waals surface area contributed by atoms with Gasteiger partial charge >= 0.3 is 0 Å². The molecular formula is C30H31N3O3. The summed E-state index contributed by atoms with van der Waals surface area (Å²) in [5.74, 6) is 1.41. The van der Waals surface area contributed by atoms with Crippen LogP contribution >= 0.6 is 0 Å². The van der Waals surface area contributed by atoms with E-state index in [1.807, 2.05) is 30.5 Å². The van der Waals surface area contributed by atoms with Gasteiger partial charge in [-0.05, 0) is 36.1 Å². The molecule has 1 amide bonds. The molecule has 0 radical (unpaired) electrons. The molecule has 1 aromatic heterocycles. The van der Waals surface area contributed by atoms with Crippen LogP contribution in [0.4, 0.5) is 0 Å². The predicted molar refractivity (Wildman–Crippen MR) is 140 cm³/mol. The van der Waals surface area contributed by atoms with E-state index in [1.54, 1.807) is 0 Å². The van der Waals surface area contributed by atoms with Crippen molar-refractivity contribution in [2.45, 2.75) is 37.8 Å². The molecule has 2 aliphatic heterocycles. The second-order valence-corrected chi connectivity index (χ2v) is 9.73. The van der Waals surface area contributed by atoms with Gasteiger partial charge < -0.3 is 19.8 Å². The van der Waals surface area contributed by atoms with E-state index in [4.69, 9.17) is 9.47 Å². The number of H-pyrrole nitrogens is 1. The number of hydrogen-bond acceptors (Lipinski definition) is 4. The maximum Gasteiger partial charge on any atom is 0.231 e. The largest absolute Gasteiger partial charge is 0.454 e. The number of nitrogens with zero attached hydrogens (tertiary/aromatic N) is 1. The first kappa shape index (κ1) is 22.7. The summed E-state index contributed by atoms with van der Waals surface area (Å²) in [4.78, 5) is 19.2. The van der Waals surface area contributed by atoms with Gasteiger partial charge in [-0.1, -0.05) is 60.7 Å². The molecule has 0 saturated carbocycles. The molecule has 3 aromatic carbocycles. The molecule has 1 atom stereocenters. The Balaban J connectivity index is 1.17. The van der Waals surface area contributed by atoms with Crippen LogP contribution in [0.2, 0.25) is 0 Å². The number of piperidine rings is 1. The molecule has 184 valence electrons. The lowest BCUT2D eigenvalue weighted by molar-refractivity contribution is -0.122. The molecule has 6 nitrogen and oxygen atoms in total. The molecule has 36 heavy (non-hydrogen) atoms. The Morgan fingerprint density at radius 3 is 2.61 bits per heavy atom. The van der Waals surface area contributed by atoms with E-state index < -0.39 is 0 Å². The molecule has 2 N–H and O–H groups in total. The SMILES string of the molecule is O=C(CC(c1cccc2c1OCO2)c1c[nH]c2ccccc12)NC1CCN(Cc2ccccc2)CC1. The Morgan fingerprint density at radius 1 is 0.944 bits per heavy atom. The van der Waals surface area contributed by atoms with Crippen molar-refractivity contribution < 1.29 is 14.3 Å². The minimum absolute atomic E-state index is 0.0725. The van der Waals surface area contributed by atoms with Crippen molar-refractivity contribution >= 4 is 16.8 Å². The van der Waals surface area contributed by atoms with Crippen molar-refractivity contribution in [3.05, 3.63) is 95.7 Å². The number of fused-ring (bicyclic) bond motifs is 2. The minimum atomic E-state index is -0.143. The molecule has 1 saturated heterocycles. The zero-order chi connectivity index (χ0) is 24.3. The van der Waals surface area contributed by atoms with Crippen LogP contribution in [-0.4, -0.2) is 41.7 Å². The maximum atomic E-state index is 13.4. The van der Waals surface area contributed by atoms with Gasteiger partial charge in [-0.3, -0.25) is 9.69 Å². The summed E-state index contributed by atoms with van der Waals surface area (Å²) in [5.41, 5.74) is 4.49. The third kappa shape index (κ3) is 4.69. The predicted octanol–water partition coefficient (Wildman–Crippen LogP) is 5.20. The van der Waals surface area contributed by atoms with Crippen molar-refractivity contribution in [3.8, 4) is 11.5 Å². The Morgan fingerprint density at radius 2 is 1.75 bits per heavy atom. The summed E-state index contributed by atoms with van der Waals surface area (Å²) in [7, 11) is 0. The average molecular weight is 482 g/mol. The zero-order valence-electron chi connectivity index (χ0n) is 20.3. The highest BCUT2D eigenvalue weighted by Crippen LogP contribution is 2.44. The van der Waals surface area contributed by atoms with Gasteiger partial charge in [0.05, 0.1) is 0 Å². The second kappa shape index (κ2) is 10.1. The summed E-state index contributed by atoms with van der Waals surface area (Å²) in [6.07, 6.45) is 4.31. The van der Waals surface area contributed by atoms with Crippen molar-refractivity contribution in [1.29, 1.82) is 0 Å². The monoisotopic (exact) mass is 481 g/mol. The molecule has 0 spiro atoms. The lowest BCUT2D eigenvalue weighted by Crippen LogP contribution is -2.44. The third-order valence-corrected chi connectivity index (χ3v) is 7.39. The number of hydrogen-bond donors (Lipinski definition) is 2. The smallest absolute Gasteiger partial charge is 0.231 e. The molecule has 2 aliphatic rings. The normalized spacial score (nSPS) is 16.8. The number of ether oxygens (including phenoxy) is 2. The number of nitrogens with one attached hydrogen (secondary N) is 2. The number of carbonyl (C=O) groups is 1. The Kier molecular flexibility index (Phi) is 6.35. The lowest BCUT2D eigenvalue weighted by Gasteiger charge is -2.32. The number of rotatable bonds is 7. The summed E-state index contributed by atoms with van der Waals surface area (Å²) in [6, 6.07) is 25.0. The first-order chi connectivity index (χ1) is 17.7. The van der Waals surface area contributed by atoms with E-state index >= 15 is 0 Å². The lowest BCUT2D eigenvalue weighted by atomic mass is 9.87. The number of likely N-dealkylation sites (tertiary alicyclic amines) is 1. The quantitative estimate of drug-likeness (QED) is 0.381. The van der Waals surface area contributed by atoms with Gasteiger partial charge in [0.1, 0.15) is 0 Å². The summed E-state index contributed by atoms with van der Waals surface area (Å²) >= 11 is 0. The fraction of sp³-hybridized carbons (Fsp3) is 0.300. The van der Waals surface area contributed by atoms with E-state index in [-0.39, 0.29) is 24.7 Å². The van der Waals surface area contributed by atoms with E-state index in [9.17, 15) is 4.79 Å². The number of amides is 1. The molecule has 3 heterocycles. The van der Waals surface area contributed by atoms with Crippen LogP contribution in [-0.2, 0) is 11.3 Å². The van der Waals surface area contributed by atoms with Crippen molar-refractivity contribution in [2.24, 2.45) is 0 Å². The maximum absolute atomic E-state index is 13.4. The second-order valence-electron chi connectivity index (χ2n) is 9.73. The minimum Gasteiger partial charge on any atom is -0.454 e. The summed E-state index contributed by atoms with van der Waals surface area (Å²) in [5, 5.41) is 4.46. The van der Waals surface area contributed by atoms with E-state index in [0.717, 1.165) is 66.0 Å².